The van der Waals surface area contributed by atoms with E-state index in [1.807, 2.05) is 6.07 Å². The molecule has 2 aromatic carbocycles. The van der Waals surface area contributed by atoms with E-state index < -0.39 is 17.8 Å². The largest absolute Gasteiger partial charge is 0.508 e. The van der Waals surface area contributed by atoms with Crippen LogP contribution in [0.2, 0.25) is 0 Å². The first-order valence-corrected chi connectivity index (χ1v) is 7.26. The quantitative estimate of drug-likeness (QED) is 0.669. The Bertz CT molecular complexity index is 826. The number of phenols is 1. The van der Waals surface area contributed by atoms with Crippen LogP contribution in [0.4, 0.5) is 4.79 Å². The number of hydrogen-bond acceptors (Lipinski definition) is 4. The molecule has 1 fully saturated rings. The van der Waals surface area contributed by atoms with Gasteiger partial charge in [-0.3, -0.25) is 19.8 Å². The molecule has 1 saturated heterocycles. The topological polar surface area (TPSA) is 86.7 Å². The number of aromatic hydroxyl groups is 1. The van der Waals surface area contributed by atoms with Crippen LogP contribution in [-0.2, 0) is 16.1 Å². The Morgan fingerprint density at radius 1 is 0.958 bits per heavy atom. The van der Waals surface area contributed by atoms with Crippen LogP contribution in [0.15, 0.2) is 60.2 Å². The summed E-state index contributed by atoms with van der Waals surface area (Å²) in [4.78, 5) is 37.5. The fraction of sp³-hybridized carbons (Fsp3) is 0.0556. The lowest BCUT2D eigenvalue weighted by Crippen LogP contribution is -2.53. The molecule has 2 aromatic rings. The van der Waals surface area contributed by atoms with Crippen molar-refractivity contribution in [2.24, 2.45) is 0 Å². The van der Waals surface area contributed by atoms with Gasteiger partial charge in [0.2, 0.25) is 0 Å². The summed E-state index contributed by atoms with van der Waals surface area (Å²) in [7, 11) is 0. The maximum Gasteiger partial charge on any atom is 0.331 e. The van der Waals surface area contributed by atoms with Crippen LogP contribution >= 0.6 is 0 Å². The van der Waals surface area contributed by atoms with Crippen molar-refractivity contribution in [3.05, 3.63) is 71.3 Å². The minimum atomic E-state index is -0.739. The standard InChI is InChI=1S/C18H14N2O4/c21-14-8-6-12(7-9-14)10-15-16(22)19-18(24)20(17(15)23)11-13-4-2-1-3-5-13/h1-10,21H,11H2,(H,19,22,24). The molecule has 0 radical (unpaired) electrons. The lowest BCUT2D eigenvalue weighted by atomic mass is 10.1. The van der Waals surface area contributed by atoms with Gasteiger partial charge in [0.25, 0.3) is 11.8 Å². The van der Waals surface area contributed by atoms with Gasteiger partial charge in [0.15, 0.2) is 0 Å². The first-order valence-electron chi connectivity index (χ1n) is 7.26. The van der Waals surface area contributed by atoms with Gasteiger partial charge in [0.1, 0.15) is 11.3 Å². The lowest BCUT2D eigenvalue weighted by Gasteiger charge is -2.26. The highest BCUT2D eigenvalue weighted by Gasteiger charge is 2.35. The first-order chi connectivity index (χ1) is 11.5. The Labute approximate surface area is 138 Å². The third-order valence-corrected chi connectivity index (χ3v) is 3.57. The average molecular weight is 322 g/mol. The molecule has 0 saturated carbocycles. The van der Waals surface area contributed by atoms with Gasteiger partial charge < -0.3 is 5.11 Å². The van der Waals surface area contributed by atoms with Gasteiger partial charge in [-0.15, -0.1) is 0 Å². The zero-order valence-electron chi connectivity index (χ0n) is 12.6. The molecule has 0 atom stereocenters. The fourth-order valence-corrected chi connectivity index (χ4v) is 2.34. The van der Waals surface area contributed by atoms with Gasteiger partial charge in [-0.2, -0.15) is 0 Å². The number of hydrogen-bond donors (Lipinski definition) is 2. The van der Waals surface area contributed by atoms with Crippen LogP contribution < -0.4 is 5.32 Å². The van der Waals surface area contributed by atoms with Crippen LogP contribution in [0.3, 0.4) is 0 Å². The molecular weight excluding hydrogens is 308 g/mol. The van der Waals surface area contributed by atoms with Gasteiger partial charge in [-0.1, -0.05) is 42.5 Å². The van der Waals surface area contributed by atoms with Crippen molar-refractivity contribution < 1.29 is 19.5 Å². The van der Waals surface area contributed by atoms with Crippen LogP contribution in [0.25, 0.3) is 6.08 Å². The second-order valence-corrected chi connectivity index (χ2v) is 5.29. The van der Waals surface area contributed by atoms with Crippen LogP contribution in [0.5, 0.6) is 5.75 Å². The summed E-state index contributed by atoms with van der Waals surface area (Å²) in [5, 5.41) is 11.5. The third-order valence-electron chi connectivity index (χ3n) is 3.57. The molecule has 0 aliphatic carbocycles. The Balaban J connectivity index is 1.89. The number of benzene rings is 2. The van der Waals surface area contributed by atoms with Crippen molar-refractivity contribution in [1.82, 2.24) is 10.2 Å². The normalized spacial score (nSPS) is 16.4. The van der Waals surface area contributed by atoms with E-state index >= 15 is 0 Å². The Morgan fingerprint density at radius 2 is 1.62 bits per heavy atom. The number of urea groups is 1. The zero-order chi connectivity index (χ0) is 17.1. The predicted octanol–water partition coefficient (Wildman–Crippen LogP) is 2.05. The molecule has 2 N–H and O–H groups in total. The summed E-state index contributed by atoms with van der Waals surface area (Å²) >= 11 is 0. The molecule has 6 nitrogen and oxygen atoms in total. The second kappa shape index (κ2) is 6.37. The highest BCUT2D eigenvalue weighted by Crippen LogP contribution is 2.18. The summed E-state index contributed by atoms with van der Waals surface area (Å²) in [6.45, 7) is 0.0751. The Morgan fingerprint density at radius 3 is 2.29 bits per heavy atom. The van der Waals surface area contributed by atoms with Crippen molar-refractivity contribution in [2.45, 2.75) is 6.54 Å². The number of imide groups is 2. The number of amides is 4. The van der Waals surface area contributed by atoms with Crippen molar-refractivity contribution in [3.8, 4) is 5.75 Å². The van der Waals surface area contributed by atoms with E-state index in [9.17, 15) is 19.5 Å². The van der Waals surface area contributed by atoms with Crippen LogP contribution in [0, 0.1) is 0 Å². The van der Waals surface area contributed by atoms with E-state index in [0.717, 1.165) is 10.5 Å². The van der Waals surface area contributed by atoms with Gasteiger partial charge in [-0.05, 0) is 29.3 Å². The van der Waals surface area contributed by atoms with Gasteiger partial charge in [-0.25, -0.2) is 4.79 Å². The minimum absolute atomic E-state index is 0.0751. The fourth-order valence-electron chi connectivity index (χ4n) is 2.34. The van der Waals surface area contributed by atoms with Crippen molar-refractivity contribution in [3.63, 3.8) is 0 Å². The molecule has 3 rings (SSSR count). The number of carbonyl (C=O) groups excluding carboxylic acids is 3. The smallest absolute Gasteiger partial charge is 0.331 e. The summed E-state index contributed by atoms with van der Waals surface area (Å²) in [5.74, 6) is -1.31. The van der Waals surface area contributed by atoms with Crippen LogP contribution in [0.1, 0.15) is 11.1 Å². The number of carbonyl (C=O) groups is 3. The first kappa shape index (κ1) is 15.5. The second-order valence-electron chi connectivity index (χ2n) is 5.29. The van der Waals surface area contributed by atoms with E-state index in [-0.39, 0.29) is 17.9 Å². The highest BCUT2D eigenvalue weighted by atomic mass is 16.3. The van der Waals surface area contributed by atoms with E-state index in [2.05, 4.69) is 5.32 Å². The SMILES string of the molecule is O=C1NC(=O)N(Cc2ccccc2)C(=O)C1=Cc1ccc(O)cc1. The number of barbiturate groups is 1. The monoisotopic (exact) mass is 322 g/mol. The van der Waals surface area contributed by atoms with Crippen LogP contribution in [-0.4, -0.2) is 27.9 Å². The molecular formula is C18H14N2O4. The molecule has 0 spiro atoms. The summed E-state index contributed by atoms with van der Waals surface area (Å²) in [6.07, 6.45) is 1.39. The van der Waals surface area contributed by atoms with E-state index in [0.29, 0.717) is 5.56 Å². The number of nitrogens with zero attached hydrogens (tertiary/aromatic N) is 1. The Hall–Kier alpha value is -3.41. The van der Waals surface area contributed by atoms with Crippen molar-refractivity contribution in [1.29, 1.82) is 0 Å². The van der Waals surface area contributed by atoms with Gasteiger partial charge in [0.05, 0.1) is 6.54 Å². The number of rotatable bonds is 3. The molecule has 0 bridgehead atoms. The molecule has 6 heteroatoms. The molecule has 4 amide bonds. The van der Waals surface area contributed by atoms with Gasteiger partial charge in [0, 0.05) is 0 Å². The lowest BCUT2D eigenvalue weighted by molar-refractivity contribution is -0.130. The van der Waals surface area contributed by atoms with E-state index in [4.69, 9.17) is 0 Å². The van der Waals surface area contributed by atoms with Gasteiger partial charge >= 0.3 is 6.03 Å². The molecule has 0 aromatic heterocycles. The van der Waals surface area contributed by atoms with E-state index in [1.165, 1.54) is 18.2 Å². The summed E-state index contributed by atoms with van der Waals surface area (Å²) in [5.41, 5.74) is 1.22. The molecule has 1 aliphatic rings. The zero-order valence-corrected chi connectivity index (χ0v) is 12.6. The predicted molar refractivity (Wildman–Crippen MR) is 86.6 cm³/mol. The van der Waals surface area contributed by atoms with E-state index in [1.54, 1.807) is 36.4 Å². The maximum atomic E-state index is 12.5. The maximum absolute atomic E-state index is 12.5. The minimum Gasteiger partial charge on any atom is -0.508 e. The van der Waals surface area contributed by atoms with Crippen molar-refractivity contribution in [2.75, 3.05) is 0 Å². The molecule has 1 aliphatic heterocycles. The number of phenolic OH excluding ortho intramolecular Hbond substituents is 1. The molecule has 0 unspecified atom stereocenters. The summed E-state index contributed by atoms with van der Waals surface area (Å²) < 4.78 is 0. The number of nitrogens with one attached hydrogen (secondary N) is 1. The summed E-state index contributed by atoms with van der Waals surface area (Å²) in [6, 6.07) is 14.3. The molecule has 1 heterocycles. The van der Waals surface area contributed by atoms with Crippen molar-refractivity contribution >= 4 is 23.9 Å². The molecule has 120 valence electrons. The highest BCUT2D eigenvalue weighted by molar-refractivity contribution is 6.30. The molecule has 24 heavy (non-hydrogen) atoms. The third kappa shape index (κ3) is 3.17. The Kier molecular flexibility index (Phi) is 4.11. The average Bonchev–Trinajstić information content (AvgIpc) is 2.58.